The summed E-state index contributed by atoms with van der Waals surface area (Å²) in [7, 11) is 1.27. The highest BCUT2D eigenvalue weighted by Gasteiger charge is 2.42. The third-order valence-electron chi connectivity index (χ3n) is 4.13. The van der Waals surface area contributed by atoms with Gasteiger partial charge in [0.2, 0.25) is 5.60 Å². The Morgan fingerprint density at radius 1 is 0.920 bits per heavy atom. The van der Waals surface area contributed by atoms with Crippen LogP contribution in [-0.4, -0.2) is 18.2 Å². The van der Waals surface area contributed by atoms with Crippen molar-refractivity contribution in [2.24, 2.45) is 0 Å². The van der Waals surface area contributed by atoms with Crippen LogP contribution in [0, 0.1) is 0 Å². The molecule has 0 aliphatic heterocycles. The van der Waals surface area contributed by atoms with Crippen molar-refractivity contribution in [1.82, 2.24) is 0 Å². The van der Waals surface area contributed by atoms with Crippen molar-refractivity contribution in [1.29, 1.82) is 0 Å². The van der Waals surface area contributed by atoms with Gasteiger partial charge in [-0.2, -0.15) is 0 Å². The van der Waals surface area contributed by atoms with E-state index in [0.29, 0.717) is 15.6 Å². The van der Waals surface area contributed by atoms with Crippen molar-refractivity contribution in [2.45, 2.75) is 5.60 Å². The fraction of sp³-hybridized carbons (Fsp3) is 0.0952. The van der Waals surface area contributed by atoms with Gasteiger partial charge in [0.25, 0.3) is 0 Å². The predicted molar refractivity (Wildman–Crippen MR) is 101 cm³/mol. The van der Waals surface area contributed by atoms with Crippen molar-refractivity contribution in [3.63, 3.8) is 0 Å². The molecule has 0 saturated carbocycles. The fourth-order valence-electron chi connectivity index (χ4n) is 2.84. The standard InChI is InChI=1S/C21H17BrO3/c1-25-20(23)21(24,18-12-5-6-13-19(18)22)17-11-7-10-16(14-17)15-8-3-2-4-9-15/h2-14,24H,1H3. The molecule has 0 aliphatic rings. The Bertz CT molecular complexity index is 892. The van der Waals surface area contributed by atoms with Crippen molar-refractivity contribution < 1.29 is 14.6 Å². The fourth-order valence-corrected chi connectivity index (χ4v) is 3.41. The lowest BCUT2D eigenvalue weighted by Gasteiger charge is -2.27. The van der Waals surface area contributed by atoms with Crippen LogP contribution < -0.4 is 0 Å². The molecule has 3 aromatic carbocycles. The number of methoxy groups -OCH3 is 1. The van der Waals surface area contributed by atoms with E-state index in [2.05, 4.69) is 15.9 Å². The zero-order chi connectivity index (χ0) is 17.9. The first-order valence-corrected chi connectivity index (χ1v) is 8.58. The maximum atomic E-state index is 12.5. The number of rotatable bonds is 4. The molecule has 1 N–H and O–H groups in total. The molecule has 25 heavy (non-hydrogen) atoms. The first kappa shape index (κ1) is 17.4. The summed E-state index contributed by atoms with van der Waals surface area (Å²) in [6.45, 7) is 0. The molecule has 3 nitrogen and oxygen atoms in total. The van der Waals surface area contributed by atoms with Crippen LogP contribution in [-0.2, 0) is 15.1 Å². The number of aliphatic hydroxyl groups is 1. The summed E-state index contributed by atoms with van der Waals surface area (Å²) in [5.41, 5.74) is 0.899. The van der Waals surface area contributed by atoms with Gasteiger partial charge in [-0.05, 0) is 23.3 Å². The molecular formula is C21H17BrO3. The SMILES string of the molecule is COC(=O)C(O)(c1cccc(-c2ccccc2)c1)c1ccccc1Br. The van der Waals surface area contributed by atoms with Crippen LogP contribution in [0.4, 0.5) is 0 Å². The van der Waals surface area contributed by atoms with Crippen molar-refractivity contribution >= 4 is 21.9 Å². The molecule has 0 heterocycles. The van der Waals surface area contributed by atoms with Crippen LogP contribution in [0.15, 0.2) is 83.3 Å². The molecule has 0 aliphatic carbocycles. The Balaban J connectivity index is 2.19. The number of hydrogen-bond acceptors (Lipinski definition) is 3. The smallest absolute Gasteiger partial charge is 0.347 e. The first-order chi connectivity index (χ1) is 12.1. The quantitative estimate of drug-likeness (QED) is 0.659. The Morgan fingerprint density at radius 3 is 2.24 bits per heavy atom. The summed E-state index contributed by atoms with van der Waals surface area (Å²) in [6, 6.07) is 24.2. The van der Waals surface area contributed by atoms with Crippen LogP contribution in [0.5, 0.6) is 0 Å². The highest BCUT2D eigenvalue weighted by atomic mass is 79.9. The van der Waals surface area contributed by atoms with E-state index in [1.54, 1.807) is 24.3 Å². The molecule has 3 aromatic rings. The highest BCUT2D eigenvalue weighted by Crippen LogP contribution is 2.37. The average Bonchev–Trinajstić information content (AvgIpc) is 2.68. The van der Waals surface area contributed by atoms with E-state index in [1.807, 2.05) is 54.6 Å². The average molecular weight is 397 g/mol. The lowest BCUT2D eigenvalue weighted by molar-refractivity contribution is -0.159. The second kappa shape index (κ2) is 7.21. The first-order valence-electron chi connectivity index (χ1n) is 7.79. The molecule has 0 amide bonds. The molecule has 0 aromatic heterocycles. The largest absolute Gasteiger partial charge is 0.466 e. The van der Waals surface area contributed by atoms with Crippen molar-refractivity contribution in [2.75, 3.05) is 7.11 Å². The second-order valence-corrected chi connectivity index (χ2v) is 6.48. The zero-order valence-corrected chi connectivity index (χ0v) is 15.2. The Kier molecular flexibility index (Phi) is 5.02. The number of esters is 1. The Hall–Kier alpha value is -2.43. The van der Waals surface area contributed by atoms with Crippen LogP contribution in [0.25, 0.3) is 11.1 Å². The molecule has 1 atom stereocenters. The minimum absolute atomic E-state index is 0.437. The summed E-state index contributed by atoms with van der Waals surface area (Å²) in [6.07, 6.45) is 0. The highest BCUT2D eigenvalue weighted by molar-refractivity contribution is 9.10. The molecule has 1 unspecified atom stereocenters. The van der Waals surface area contributed by atoms with E-state index in [9.17, 15) is 9.90 Å². The number of carbonyl (C=O) groups is 1. The summed E-state index contributed by atoms with van der Waals surface area (Å²) in [4.78, 5) is 12.5. The van der Waals surface area contributed by atoms with E-state index in [4.69, 9.17) is 4.74 Å². The summed E-state index contributed by atoms with van der Waals surface area (Å²) in [5.74, 6) is -0.732. The molecule has 0 bridgehead atoms. The minimum Gasteiger partial charge on any atom is -0.466 e. The maximum Gasteiger partial charge on any atom is 0.347 e. The van der Waals surface area contributed by atoms with Gasteiger partial charge >= 0.3 is 5.97 Å². The molecule has 126 valence electrons. The number of hydrogen-bond donors (Lipinski definition) is 1. The van der Waals surface area contributed by atoms with Crippen LogP contribution >= 0.6 is 15.9 Å². The summed E-state index contributed by atoms with van der Waals surface area (Å²) in [5, 5.41) is 11.4. The molecule has 3 rings (SSSR count). The van der Waals surface area contributed by atoms with Crippen LogP contribution in [0.3, 0.4) is 0 Å². The molecule has 0 saturated heterocycles. The molecule has 0 radical (unpaired) electrons. The van der Waals surface area contributed by atoms with Crippen LogP contribution in [0.1, 0.15) is 11.1 Å². The maximum absolute atomic E-state index is 12.5. The third kappa shape index (κ3) is 3.23. The number of ether oxygens (including phenoxy) is 1. The van der Waals surface area contributed by atoms with Gasteiger partial charge in [0.15, 0.2) is 0 Å². The topological polar surface area (TPSA) is 46.5 Å². The zero-order valence-electron chi connectivity index (χ0n) is 13.6. The summed E-state index contributed by atoms with van der Waals surface area (Å²) >= 11 is 3.42. The third-order valence-corrected chi connectivity index (χ3v) is 4.82. The van der Waals surface area contributed by atoms with E-state index in [-0.39, 0.29) is 0 Å². The number of halogens is 1. The van der Waals surface area contributed by atoms with Gasteiger partial charge in [0, 0.05) is 15.6 Å². The summed E-state index contributed by atoms with van der Waals surface area (Å²) < 4.78 is 5.55. The molecular weight excluding hydrogens is 380 g/mol. The van der Waals surface area contributed by atoms with Crippen molar-refractivity contribution in [3.05, 3.63) is 94.5 Å². The molecule has 0 fully saturated rings. The second-order valence-electron chi connectivity index (χ2n) is 5.63. The molecule has 4 heteroatoms. The molecule has 0 spiro atoms. The number of benzene rings is 3. The van der Waals surface area contributed by atoms with E-state index in [0.717, 1.165) is 11.1 Å². The van der Waals surface area contributed by atoms with Gasteiger partial charge in [0.1, 0.15) is 0 Å². The Labute approximate surface area is 155 Å². The van der Waals surface area contributed by atoms with Crippen molar-refractivity contribution in [3.8, 4) is 11.1 Å². The monoisotopic (exact) mass is 396 g/mol. The van der Waals surface area contributed by atoms with Gasteiger partial charge in [-0.1, -0.05) is 82.7 Å². The van der Waals surface area contributed by atoms with Gasteiger partial charge in [-0.3, -0.25) is 0 Å². The normalized spacial score (nSPS) is 13.1. The van der Waals surface area contributed by atoms with E-state index in [1.165, 1.54) is 7.11 Å². The lowest BCUT2D eigenvalue weighted by Crippen LogP contribution is -2.38. The minimum atomic E-state index is -1.90. The number of carbonyl (C=O) groups excluding carboxylic acids is 1. The lowest BCUT2D eigenvalue weighted by atomic mass is 9.85. The van der Waals surface area contributed by atoms with E-state index < -0.39 is 11.6 Å². The van der Waals surface area contributed by atoms with Crippen LogP contribution in [0.2, 0.25) is 0 Å². The van der Waals surface area contributed by atoms with Gasteiger partial charge < -0.3 is 9.84 Å². The van der Waals surface area contributed by atoms with E-state index >= 15 is 0 Å². The van der Waals surface area contributed by atoms with Gasteiger partial charge in [-0.15, -0.1) is 0 Å². The van der Waals surface area contributed by atoms with Gasteiger partial charge in [-0.25, -0.2) is 4.79 Å². The predicted octanol–water partition coefficient (Wildman–Crippen LogP) is 4.53. The van der Waals surface area contributed by atoms with Gasteiger partial charge in [0.05, 0.1) is 7.11 Å². The Morgan fingerprint density at radius 2 is 1.56 bits per heavy atom.